The summed E-state index contributed by atoms with van der Waals surface area (Å²) in [5.41, 5.74) is 6.52. The predicted molar refractivity (Wildman–Crippen MR) is 89.5 cm³/mol. The molecule has 8 heteroatoms. The van der Waals surface area contributed by atoms with Crippen LogP contribution in [0.4, 0.5) is 0 Å². The van der Waals surface area contributed by atoms with Gasteiger partial charge in [-0.3, -0.25) is 5.32 Å². The van der Waals surface area contributed by atoms with Crippen LogP contribution in [-0.4, -0.2) is 23.4 Å². The van der Waals surface area contributed by atoms with Crippen LogP contribution in [0.15, 0.2) is 28.8 Å². The Morgan fingerprint density at radius 3 is 2.52 bits per heavy atom. The van der Waals surface area contributed by atoms with Crippen molar-refractivity contribution >= 4 is 24.0 Å². The maximum absolute atomic E-state index is 6.00. The molecule has 3 N–H and O–H groups in total. The molecular weight excluding hydrogens is 339 g/mol. The fourth-order valence-corrected chi connectivity index (χ4v) is 2.88. The average Bonchev–Trinajstić information content (AvgIpc) is 3.03. The first-order valence-corrected chi connectivity index (χ1v) is 7.70. The van der Waals surface area contributed by atoms with Gasteiger partial charge in [-0.15, -0.1) is 12.4 Å². The highest BCUT2D eigenvalue weighted by molar-refractivity contribution is 6.30. The molecule has 1 aliphatic heterocycles. The van der Waals surface area contributed by atoms with Crippen molar-refractivity contribution < 1.29 is 9.26 Å². The molecule has 1 fully saturated rings. The zero-order valence-electron chi connectivity index (χ0n) is 12.6. The van der Waals surface area contributed by atoms with Crippen molar-refractivity contribution in [2.75, 3.05) is 13.2 Å². The van der Waals surface area contributed by atoms with E-state index < -0.39 is 0 Å². The second kappa shape index (κ2) is 8.08. The molecule has 6 nitrogen and oxygen atoms in total. The van der Waals surface area contributed by atoms with Crippen molar-refractivity contribution in [3.8, 4) is 0 Å². The van der Waals surface area contributed by atoms with Crippen LogP contribution < -0.4 is 11.1 Å². The highest BCUT2D eigenvalue weighted by Crippen LogP contribution is 2.33. The van der Waals surface area contributed by atoms with E-state index in [2.05, 4.69) is 27.6 Å². The van der Waals surface area contributed by atoms with E-state index in [9.17, 15) is 0 Å². The molecule has 1 aromatic carbocycles. The Morgan fingerprint density at radius 2 is 1.91 bits per heavy atom. The minimum atomic E-state index is -0.160. The second-order valence-electron chi connectivity index (χ2n) is 5.36. The third-order valence-electron chi connectivity index (χ3n) is 4.01. The van der Waals surface area contributed by atoms with Gasteiger partial charge in [0.25, 0.3) is 0 Å². The number of ether oxygens (including phenoxy) is 1. The van der Waals surface area contributed by atoms with Gasteiger partial charge in [0.2, 0.25) is 5.89 Å². The van der Waals surface area contributed by atoms with Crippen LogP contribution in [0, 0.1) is 0 Å². The first kappa shape index (κ1) is 18.2. The van der Waals surface area contributed by atoms with Crippen LogP contribution in [-0.2, 0) is 23.4 Å². The summed E-state index contributed by atoms with van der Waals surface area (Å²) in [6.45, 7) is 2.21. The summed E-state index contributed by atoms with van der Waals surface area (Å²) < 4.78 is 10.6. The molecule has 0 radical (unpaired) electrons. The minimum absolute atomic E-state index is 0. The van der Waals surface area contributed by atoms with Crippen LogP contribution in [0.2, 0.25) is 5.02 Å². The Bertz CT molecular complexity index is 612. The Labute approximate surface area is 146 Å². The lowest BCUT2D eigenvalue weighted by molar-refractivity contribution is 0.0354. The lowest BCUT2D eigenvalue weighted by Gasteiger charge is -2.38. The van der Waals surface area contributed by atoms with E-state index in [1.807, 2.05) is 12.1 Å². The molecule has 1 aliphatic rings. The van der Waals surface area contributed by atoms with E-state index in [-0.39, 0.29) is 24.5 Å². The number of nitrogens with one attached hydrogen (secondary N) is 1. The molecule has 2 heterocycles. The lowest BCUT2D eigenvalue weighted by Crippen LogP contribution is -2.46. The predicted octanol–water partition coefficient (Wildman–Crippen LogP) is 2.40. The van der Waals surface area contributed by atoms with E-state index in [0.29, 0.717) is 18.3 Å². The molecular formula is C15H20Cl2N4O2. The van der Waals surface area contributed by atoms with Gasteiger partial charge < -0.3 is 15.0 Å². The molecule has 0 saturated carbocycles. The van der Waals surface area contributed by atoms with Crippen molar-refractivity contribution in [3.63, 3.8) is 0 Å². The van der Waals surface area contributed by atoms with Gasteiger partial charge in [0.1, 0.15) is 0 Å². The van der Waals surface area contributed by atoms with E-state index >= 15 is 0 Å². The summed E-state index contributed by atoms with van der Waals surface area (Å²) >= 11 is 6.00. The zero-order valence-corrected chi connectivity index (χ0v) is 14.2. The molecule has 23 heavy (non-hydrogen) atoms. The molecule has 1 aromatic heterocycles. The fourth-order valence-electron chi connectivity index (χ4n) is 2.75. The maximum atomic E-state index is 6.00. The second-order valence-corrected chi connectivity index (χ2v) is 5.80. The number of rotatable bonds is 5. The topological polar surface area (TPSA) is 86.2 Å². The molecule has 3 rings (SSSR count). The maximum Gasteiger partial charge on any atom is 0.240 e. The van der Waals surface area contributed by atoms with Gasteiger partial charge in [0.15, 0.2) is 5.82 Å². The summed E-state index contributed by atoms with van der Waals surface area (Å²) in [5, 5.41) is 8.24. The lowest BCUT2D eigenvalue weighted by atomic mass is 9.82. The molecule has 0 atom stereocenters. The number of halogens is 2. The van der Waals surface area contributed by atoms with Crippen LogP contribution in [0.5, 0.6) is 0 Å². The number of benzene rings is 1. The van der Waals surface area contributed by atoms with E-state index in [1.54, 1.807) is 0 Å². The Hall–Kier alpha value is -1.18. The quantitative estimate of drug-likeness (QED) is 0.853. The van der Waals surface area contributed by atoms with Crippen LogP contribution >= 0.6 is 24.0 Å². The van der Waals surface area contributed by atoms with Gasteiger partial charge in [-0.25, -0.2) is 0 Å². The summed E-state index contributed by atoms with van der Waals surface area (Å²) in [6.07, 6.45) is 1.77. The number of hydrogen-bond donors (Lipinski definition) is 2. The molecule has 0 spiro atoms. The Morgan fingerprint density at radius 1 is 1.22 bits per heavy atom. The van der Waals surface area contributed by atoms with Gasteiger partial charge in [0, 0.05) is 23.8 Å². The van der Waals surface area contributed by atoms with E-state index in [0.717, 1.165) is 31.1 Å². The normalized spacial score (nSPS) is 16.8. The molecule has 0 bridgehead atoms. The first-order valence-electron chi connectivity index (χ1n) is 7.32. The molecule has 0 amide bonds. The monoisotopic (exact) mass is 358 g/mol. The van der Waals surface area contributed by atoms with Crippen molar-refractivity contribution in [2.45, 2.75) is 31.5 Å². The van der Waals surface area contributed by atoms with Crippen LogP contribution in [0.25, 0.3) is 0 Å². The minimum Gasteiger partial charge on any atom is -0.381 e. The molecule has 0 unspecified atom stereocenters. The van der Waals surface area contributed by atoms with E-state index in [1.165, 1.54) is 5.56 Å². The SMILES string of the molecule is Cl.NCc1nc(CNC2(c3ccc(Cl)cc3)CCOCC2)no1. The summed E-state index contributed by atoms with van der Waals surface area (Å²) in [4.78, 5) is 4.23. The third-order valence-corrected chi connectivity index (χ3v) is 4.26. The molecule has 1 saturated heterocycles. The van der Waals surface area contributed by atoms with Gasteiger partial charge >= 0.3 is 0 Å². The largest absolute Gasteiger partial charge is 0.381 e. The summed E-state index contributed by atoms with van der Waals surface area (Å²) in [5.74, 6) is 1.06. The Balaban J connectivity index is 0.00000192. The van der Waals surface area contributed by atoms with E-state index in [4.69, 9.17) is 26.6 Å². The number of nitrogens with two attached hydrogens (primary N) is 1. The highest BCUT2D eigenvalue weighted by Gasteiger charge is 2.34. The smallest absolute Gasteiger partial charge is 0.240 e. The van der Waals surface area contributed by atoms with Gasteiger partial charge in [-0.1, -0.05) is 28.9 Å². The standard InChI is InChI=1S/C15H19ClN4O2.ClH/c16-12-3-1-11(2-4-12)15(5-7-21-8-6-15)18-10-13-19-14(9-17)22-20-13;/h1-4,18H,5-10,17H2;1H. The van der Waals surface area contributed by atoms with Crippen molar-refractivity contribution in [2.24, 2.45) is 5.73 Å². The first-order chi connectivity index (χ1) is 10.7. The Kier molecular flexibility index (Phi) is 6.38. The molecule has 0 aliphatic carbocycles. The van der Waals surface area contributed by atoms with Gasteiger partial charge in [-0.2, -0.15) is 4.98 Å². The third kappa shape index (κ3) is 4.22. The average molecular weight is 359 g/mol. The summed E-state index contributed by atoms with van der Waals surface area (Å²) in [7, 11) is 0. The van der Waals surface area contributed by atoms with Gasteiger partial charge in [-0.05, 0) is 30.5 Å². The molecule has 126 valence electrons. The number of hydrogen-bond acceptors (Lipinski definition) is 6. The number of aromatic nitrogens is 2. The fraction of sp³-hybridized carbons (Fsp3) is 0.467. The van der Waals surface area contributed by atoms with Crippen molar-refractivity contribution in [1.82, 2.24) is 15.5 Å². The highest BCUT2D eigenvalue weighted by atomic mass is 35.5. The van der Waals surface area contributed by atoms with Crippen LogP contribution in [0.3, 0.4) is 0 Å². The van der Waals surface area contributed by atoms with Gasteiger partial charge in [0.05, 0.1) is 13.1 Å². The summed E-state index contributed by atoms with van der Waals surface area (Å²) in [6, 6.07) is 7.94. The molecule has 2 aromatic rings. The van der Waals surface area contributed by atoms with Crippen molar-refractivity contribution in [1.29, 1.82) is 0 Å². The van der Waals surface area contributed by atoms with Crippen LogP contribution in [0.1, 0.15) is 30.1 Å². The zero-order chi connectivity index (χ0) is 15.4. The van der Waals surface area contributed by atoms with Crippen molar-refractivity contribution in [3.05, 3.63) is 46.6 Å². The number of nitrogens with zero attached hydrogens (tertiary/aromatic N) is 2.